The quantitative estimate of drug-likeness (QED) is 0.459. The van der Waals surface area contributed by atoms with E-state index in [-0.39, 0.29) is 36.7 Å². The molecular weight excluding hydrogens is 448 g/mol. The Bertz CT molecular complexity index is 1210. The van der Waals surface area contributed by atoms with Crippen LogP contribution in [0.4, 0.5) is 10.5 Å². The Balaban J connectivity index is 1.29. The van der Waals surface area contributed by atoms with Crippen LogP contribution in [0, 0.1) is 0 Å². The molecule has 180 valence electrons. The largest absolute Gasteiger partial charge is 0.478 e. The Morgan fingerprint density at radius 2 is 1.51 bits per heavy atom. The molecule has 0 spiro atoms. The lowest BCUT2D eigenvalue weighted by Gasteiger charge is -2.21. The predicted octanol–water partition coefficient (Wildman–Crippen LogP) is 3.64. The third-order valence-corrected chi connectivity index (χ3v) is 6.11. The fourth-order valence-electron chi connectivity index (χ4n) is 4.34. The normalized spacial score (nSPS) is 12.9. The zero-order valence-electron chi connectivity index (χ0n) is 19.2. The lowest BCUT2D eigenvalue weighted by molar-refractivity contribution is -0.120. The predicted molar refractivity (Wildman–Crippen MR) is 131 cm³/mol. The average Bonchev–Trinajstić information content (AvgIpc) is 3.19. The number of carbonyl (C=O) groups is 3. The number of anilines is 1. The van der Waals surface area contributed by atoms with Crippen molar-refractivity contribution in [2.24, 2.45) is 0 Å². The summed E-state index contributed by atoms with van der Waals surface area (Å²) in [6.45, 7) is -0.0412. The van der Waals surface area contributed by atoms with E-state index in [1.165, 1.54) is 24.1 Å². The SMILES string of the molecule is CN(C(=O)CC(O)CNC(=O)OCC1c2ccccc2-c2ccccc21)c1ccccc1C(=O)O. The molecule has 3 N–H and O–H groups in total. The summed E-state index contributed by atoms with van der Waals surface area (Å²) in [5, 5.41) is 22.1. The third-order valence-electron chi connectivity index (χ3n) is 6.11. The first-order valence-electron chi connectivity index (χ1n) is 11.2. The summed E-state index contributed by atoms with van der Waals surface area (Å²) in [4.78, 5) is 37.4. The van der Waals surface area contributed by atoms with Gasteiger partial charge in [0, 0.05) is 19.5 Å². The zero-order valence-corrected chi connectivity index (χ0v) is 19.2. The maximum Gasteiger partial charge on any atom is 0.407 e. The van der Waals surface area contributed by atoms with Gasteiger partial charge in [0.2, 0.25) is 5.91 Å². The van der Waals surface area contributed by atoms with Crippen LogP contribution in [0.25, 0.3) is 11.1 Å². The van der Waals surface area contributed by atoms with Crippen molar-refractivity contribution in [3.8, 4) is 11.1 Å². The molecule has 1 aliphatic carbocycles. The number of carboxylic acids is 1. The van der Waals surface area contributed by atoms with Gasteiger partial charge < -0.3 is 25.2 Å². The number of alkyl carbamates (subject to hydrolysis) is 1. The number of fused-ring (bicyclic) bond motifs is 3. The summed E-state index contributed by atoms with van der Waals surface area (Å²) in [5.74, 6) is -1.72. The van der Waals surface area contributed by atoms with E-state index in [0.717, 1.165) is 22.3 Å². The van der Waals surface area contributed by atoms with Crippen LogP contribution >= 0.6 is 0 Å². The minimum Gasteiger partial charge on any atom is -0.478 e. The second kappa shape index (κ2) is 10.4. The molecule has 0 fully saturated rings. The van der Waals surface area contributed by atoms with E-state index < -0.39 is 24.1 Å². The monoisotopic (exact) mass is 474 g/mol. The van der Waals surface area contributed by atoms with Crippen LogP contribution in [-0.2, 0) is 9.53 Å². The highest BCUT2D eigenvalue weighted by molar-refractivity contribution is 6.01. The Morgan fingerprint density at radius 3 is 2.14 bits per heavy atom. The van der Waals surface area contributed by atoms with E-state index >= 15 is 0 Å². The third kappa shape index (κ3) is 5.17. The molecular formula is C27H26N2O6. The van der Waals surface area contributed by atoms with Gasteiger partial charge in [-0.25, -0.2) is 9.59 Å². The van der Waals surface area contributed by atoms with Gasteiger partial charge in [-0.2, -0.15) is 0 Å². The Labute approximate surface area is 202 Å². The fraction of sp³-hybridized carbons (Fsp3) is 0.222. The molecule has 1 unspecified atom stereocenters. The number of nitrogens with one attached hydrogen (secondary N) is 1. The fourth-order valence-corrected chi connectivity index (χ4v) is 4.34. The Kier molecular flexibility index (Phi) is 7.12. The van der Waals surface area contributed by atoms with Gasteiger partial charge >= 0.3 is 12.1 Å². The standard InChI is InChI=1S/C27H26N2O6/c1-29(24-13-7-6-12-22(24)26(32)33)25(31)14-17(30)15-28-27(34)35-16-23-20-10-4-2-8-18(20)19-9-3-5-11-21(19)23/h2-13,17,23,30H,14-16H2,1H3,(H,28,34)(H,32,33). The molecule has 8 nitrogen and oxygen atoms in total. The summed E-state index contributed by atoms with van der Waals surface area (Å²) in [6.07, 6.45) is -2.15. The summed E-state index contributed by atoms with van der Waals surface area (Å²) in [7, 11) is 1.44. The van der Waals surface area contributed by atoms with Crippen molar-refractivity contribution in [1.82, 2.24) is 5.32 Å². The highest BCUT2D eigenvalue weighted by Gasteiger charge is 2.29. The van der Waals surface area contributed by atoms with Gasteiger partial charge in [0.25, 0.3) is 0 Å². The summed E-state index contributed by atoms with van der Waals surface area (Å²) < 4.78 is 5.43. The molecule has 0 radical (unpaired) electrons. The maximum absolute atomic E-state index is 12.5. The van der Waals surface area contributed by atoms with E-state index in [9.17, 15) is 24.6 Å². The number of hydrogen-bond donors (Lipinski definition) is 3. The average molecular weight is 475 g/mol. The van der Waals surface area contributed by atoms with Crippen molar-refractivity contribution in [3.63, 3.8) is 0 Å². The van der Waals surface area contributed by atoms with Crippen molar-refractivity contribution >= 4 is 23.7 Å². The van der Waals surface area contributed by atoms with Crippen LogP contribution in [0.3, 0.4) is 0 Å². The first-order valence-corrected chi connectivity index (χ1v) is 11.2. The van der Waals surface area contributed by atoms with Crippen LogP contribution in [0.1, 0.15) is 33.8 Å². The van der Waals surface area contributed by atoms with E-state index in [4.69, 9.17) is 4.74 Å². The molecule has 0 heterocycles. The number of ether oxygens (including phenoxy) is 1. The van der Waals surface area contributed by atoms with Crippen molar-refractivity contribution in [1.29, 1.82) is 0 Å². The number of aromatic carboxylic acids is 1. The number of hydrogen-bond acceptors (Lipinski definition) is 5. The minimum absolute atomic E-state index is 0.0189. The number of aliphatic hydroxyl groups is 1. The zero-order chi connectivity index (χ0) is 24.9. The van der Waals surface area contributed by atoms with Crippen LogP contribution < -0.4 is 10.2 Å². The number of nitrogens with zero attached hydrogens (tertiary/aromatic N) is 1. The van der Waals surface area contributed by atoms with Crippen molar-refractivity contribution in [3.05, 3.63) is 89.5 Å². The number of carbonyl (C=O) groups excluding carboxylic acids is 2. The van der Waals surface area contributed by atoms with Gasteiger partial charge in [-0.15, -0.1) is 0 Å². The number of rotatable bonds is 8. The molecule has 0 bridgehead atoms. The summed E-state index contributed by atoms with van der Waals surface area (Å²) in [5.41, 5.74) is 4.64. The second-order valence-corrected chi connectivity index (χ2v) is 8.34. The molecule has 3 aromatic carbocycles. The number of aliphatic hydroxyl groups excluding tert-OH is 1. The first kappa shape index (κ1) is 24.0. The van der Waals surface area contributed by atoms with E-state index in [1.807, 2.05) is 48.5 Å². The van der Waals surface area contributed by atoms with Crippen molar-refractivity contribution < 1.29 is 29.3 Å². The molecule has 1 atom stereocenters. The number of carboxylic acid groups (broad SMARTS) is 1. The van der Waals surface area contributed by atoms with Crippen LogP contribution in [0.15, 0.2) is 72.8 Å². The highest BCUT2D eigenvalue weighted by Crippen LogP contribution is 2.44. The first-order chi connectivity index (χ1) is 16.9. The highest BCUT2D eigenvalue weighted by atomic mass is 16.5. The van der Waals surface area contributed by atoms with Crippen LogP contribution in [0.2, 0.25) is 0 Å². The van der Waals surface area contributed by atoms with Crippen molar-refractivity contribution in [2.75, 3.05) is 25.1 Å². The van der Waals surface area contributed by atoms with Crippen molar-refractivity contribution in [2.45, 2.75) is 18.4 Å². The molecule has 0 saturated heterocycles. The lowest BCUT2D eigenvalue weighted by atomic mass is 9.98. The summed E-state index contributed by atoms with van der Waals surface area (Å²) >= 11 is 0. The molecule has 0 aromatic heterocycles. The summed E-state index contributed by atoms with van der Waals surface area (Å²) in [6, 6.07) is 22.1. The second-order valence-electron chi connectivity index (χ2n) is 8.34. The number of amides is 2. The van der Waals surface area contributed by atoms with E-state index in [2.05, 4.69) is 5.32 Å². The van der Waals surface area contributed by atoms with Gasteiger partial charge in [-0.3, -0.25) is 4.79 Å². The maximum atomic E-state index is 12.5. The topological polar surface area (TPSA) is 116 Å². The molecule has 35 heavy (non-hydrogen) atoms. The van der Waals surface area contributed by atoms with Gasteiger partial charge in [0.1, 0.15) is 6.61 Å². The molecule has 2 amide bonds. The van der Waals surface area contributed by atoms with E-state index in [1.54, 1.807) is 12.1 Å². The molecule has 3 aromatic rings. The van der Waals surface area contributed by atoms with Crippen LogP contribution in [-0.4, -0.2) is 54.5 Å². The smallest absolute Gasteiger partial charge is 0.407 e. The lowest BCUT2D eigenvalue weighted by Crippen LogP contribution is -2.37. The number of benzene rings is 3. The Morgan fingerprint density at radius 1 is 0.943 bits per heavy atom. The number of para-hydroxylation sites is 1. The molecule has 0 aliphatic heterocycles. The van der Waals surface area contributed by atoms with Gasteiger partial charge in [-0.05, 0) is 34.4 Å². The van der Waals surface area contributed by atoms with Gasteiger partial charge in [0.15, 0.2) is 0 Å². The van der Waals surface area contributed by atoms with Crippen LogP contribution in [0.5, 0.6) is 0 Å². The van der Waals surface area contributed by atoms with E-state index in [0.29, 0.717) is 0 Å². The molecule has 8 heteroatoms. The minimum atomic E-state index is -1.16. The Hall–Kier alpha value is -4.17. The van der Waals surface area contributed by atoms with Gasteiger partial charge in [0.05, 0.1) is 23.8 Å². The molecule has 1 aliphatic rings. The molecule has 0 saturated carbocycles. The van der Waals surface area contributed by atoms with Gasteiger partial charge in [-0.1, -0.05) is 60.7 Å². The molecule has 4 rings (SSSR count).